The van der Waals surface area contributed by atoms with Crippen LogP contribution in [-0.2, 0) is 4.74 Å². The summed E-state index contributed by atoms with van der Waals surface area (Å²) in [6.07, 6.45) is 12.5. The number of hydrogen-bond acceptors (Lipinski definition) is 2. The highest BCUT2D eigenvalue weighted by Gasteiger charge is 2.07. The van der Waals surface area contributed by atoms with Crippen molar-refractivity contribution in [2.45, 2.75) is 58.3 Å². The van der Waals surface area contributed by atoms with Crippen LogP contribution in [0.2, 0.25) is 0 Å². The Hall–Kier alpha value is -2.62. The Kier molecular flexibility index (Phi) is 10.6. The van der Waals surface area contributed by atoms with E-state index < -0.39 is 0 Å². The molecule has 0 spiro atoms. The molecule has 0 radical (unpaired) electrons. The third-order valence-corrected chi connectivity index (χ3v) is 5.03. The van der Waals surface area contributed by atoms with Gasteiger partial charge in [0.2, 0.25) is 6.34 Å². The maximum absolute atomic E-state index is 11.6. The fourth-order valence-electron chi connectivity index (χ4n) is 3.28. The summed E-state index contributed by atoms with van der Waals surface area (Å²) in [5, 5.41) is 3.35. The number of para-hydroxylation sites is 1. The lowest BCUT2D eigenvalue weighted by Gasteiger charge is -2.08. The van der Waals surface area contributed by atoms with Crippen LogP contribution < -0.4 is 5.32 Å². The molecule has 2 aromatic carbocycles. The van der Waals surface area contributed by atoms with Gasteiger partial charge in [-0.2, -0.15) is 0 Å². The van der Waals surface area contributed by atoms with Crippen molar-refractivity contribution in [1.29, 1.82) is 0 Å². The van der Waals surface area contributed by atoms with E-state index in [1.165, 1.54) is 64.2 Å². The molecule has 0 saturated carbocycles. The van der Waals surface area contributed by atoms with Crippen LogP contribution in [0.15, 0.2) is 54.6 Å². The fraction of sp³-hybridized carbons (Fsp3) is 0.440. The van der Waals surface area contributed by atoms with Gasteiger partial charge in [0.25, 0.3) is 0 Å². The highest BCUT2D eigenvalue weighted by molar-refractivity contribution is 5.90. The van der Waals surface area contributed by atoms with Gasteiger partial charge >= 0.3 is 5.97 Å². The average Bonchev–Trinajstić information content (AvgIpc) is 2.78. The molecule has 0 heterocycles. The summed E-state index contributed by atoms with van der Waals surface area (Å²) in [6.45, 7) is 3.24. The summed E-state index contributed by atoms with van der Waals surface area (Å²) in [5.74, 6) is -0.318. The number of anilines is 1. The third kappa shape index (κ3) is 8.51. The normalized spacial score (nSPS) is 11.3. The van der Waals surface area contributed by atoms with Crippen molar-refractivity contribution in [3.05, 3.63) is 60.2 Å². The maximum Gasteiger partial charge on any atom is 0.337 e. The van der Waals surface area contributed by atoms with E-state index in [0.29, 0.717) is 5.56 Å². The minimum Gasteiger partial charge on any atom is -0.465 e. The molecule has 0 aliphatic rings. The molecule has 4 heteroatoms. The van der Waals surface area contributed by atoms with Crippen LogP contribution in [0.3, 0.4) is 0 Å². The molecule has 0 amide bonds. The van der Waals surface area contributed by atoms with Crippen LogP contribution in [0, 0.1) is 0 Å². The molecule has 156 valence electrons. The van der Waals surface area contributed by atoms with E-state index in [-0.39, 0.29) is 5.97 Å². The first-order valence-corrected chi connectivity index (χ1v) is 10.8. The van der Waals surface area contributed by atoms with Gasteiger partial charge in [-0.1, -0.05) is 63.6 Å². The predicted octanol–water partition coefficient (Wildman–Crippen LogP) is 6.40. The van der Waals surface area contributed by atoms with E-state index in [2.05, 4.69) is 41.1 Å². The second-order valence-corrected chi connectivity index (χ2v) is 7.35. The van der Waals surface area contributed by atoms with Gasteiger partial charge < -0.3 is 4.74 Å². The first kappa shape index (κ1) is 22.7. The van der Waals surface area contributed by atoms with E-state index in [9.17, 15) is 4.79 Å². The number of carbonyl (C=O) groups is 1. The molecule has 0 bridgehead atoms. The van der Waals surface area contributed by atoms with Crippen LogP contribution in [0.4, 0.5) is 11.4 Å². The number of benzene rings is 2. The van der Waals surface area contributed by atoms with Crippen LogP contribution in [0.5, 0.6) is 0 Å². The van der Waals surface area contributed by atoms with E-state index in [1.54, 1.807) is 12.1 Å². The molecule has 0 atom stereocenters. The quantitative estimate of drug-likeness (QED) is 0.140. The smallest absolute Gasteiger partial charge is 0.337 e. The van der Waals surface area contributed by atoms with Gasteiger partial charge in [-0.3, -0.25) is 0 Å². The van der Waals surface area contributed by atoms with Gasteiger partial charge in [-0.25, -0.2) is 14.7 Å². The number of nitrogens with one attached hydrogen (secondary N) is 1. The lowest BCUT2D eigenvalue weighted by Crippen LogP contribution is -2.14. The number of carbonyl (C=O) groups excluding carboxylic acids is 1. The molecule has 0 aromatic heterocycles. The second kappa shape index (κ2) is 13.5. The summed E-state index contributed by atoms with van der Waals surface area (Å²) in [5.41, 5.74) is 2.67. The van der Waals surface area contributed by atoms with Gasteiger partial charge in [0.05, 0.1) is 19.2 Å². The van der Waals surface area contributed by atoms with Crippen molar-refractivity contribution < 1.29 is 14.1 Å². The molecule has 0 unspecified atom stereocenters. The lowest BCUT2D eigenvalue weighted by atomic mass is 10.1. The highest BCUT2D eigenvalue weighted by atomic mass is 16.5. The zero-order chi connectivity index (χ0) is 20.7. The second-order valence-electron chi connectivity index (χ2n) is 7.35. The molecule has 2 rings (SSSR count). The Morgan fingerprint density at radius 2 is 1.52 bits per heavy atom. The van der Waals surface area contributed by atoms with E-state index in [1.807, 2.05) is 24.5 Å². The Morgan fingerprint density at radius 3 is 2.14 bits per heavy atom. The fourth-order valence-corrected chi connectivity index (χ4v) is 3.28. The number of esters is 1. The van der Waals surface area contributed by atoms with Crippen molar-refractivity contribution in [2.24, 2.45) is 0 Å². The molecule has 0 aliphatic carbocycles. The van der Waals surface area contributed by atoms with Gasteiger partial charge in [-0.05, 0) is 49.2 Å². The van der Waals surface area contributed by atoms with E-state index in [4.69, 9.17) is 4.74 Å². The number of rotatable bonds is 13. The van der Waals surface area contributed by atoms with Crippen LogP contribution >= 0.6 is 0 Å². The van der Waals surface area contributed by atoms with E-state index >= 15 is 0 Å². The van der Waals surface area contributed by atoms with Crippen molar-refractivity contribution in [3.63, 3.8) is 0 Å². The van der Waals surface area contributed by atoms with Gasteiger partial charge in [-0.15, -0.1) is 0 Å². The van der Waals surface area contributed by atoms with Gasteiger partial charge in [0.15, 0.2) is 0 Å². The Balaban J connectivity index is 1.90. The number of methoxy groups -OCH3 is 1. The molecular weight excluding hydrogens is 360 g/mol. The molecular formula is C25H35N2O2+. The molecule has 0 saturated heterocycles. The summed E-state index contributed by atoms with van der Waals surface area (Å²) >= 11 is 0. The molecule has 0 fully saturated rings. The molecule has 29 heavy (non-hydrogen) atoms. The molecule has 1 N–H and O–H groups in total. The van der Waals surface area contributed by atoms with Crippen molar-refractivity contribution >= 4 is 23.7 Å². The number of hydrogen-bond donors (Lipinski definition) is 1. The highest BCUT2D eigenvalue weighted by Crippen LogP contribution is 2.14. The Labute approximate surface area is 175 Å². The van der Waals surface area contributed by atoms with Crippen molar-refractivity contribution in [2.75, 3.05) is 19.0 Å². The topological polar surface area (TPSA) is 41.3 Å². The number of ether oxygens (including phenoxy) is 1. The minimum atomic E-state index is -0.318. The van der Waals surface area contributed by atoms with Crippen molar-refractivity contribution in [3.8, 4) is 0 Å². The summed E-state index contributed by atoms with van der Waals surface area (Å²) in [6, 6.07) is 17.7. The number of unbranched alkanes of at least 4 members (excludes halogenated alkanes) is 7. The average molecular weight is 396 g/mol. The Bertz CT molecular complexity index is 739. The third-order valence-electron chi connectivity index (χ3n) is 5.03. The Morgan fingerprint density at radius 1 is 0.897 bits per heavy atom. The predicted molar refractivity (Wildman–Crippen MR) is 121 cm³/mol. The maximum atomic E-state index is 11.6. The van der Waals surface area contributed by atoms with Gasteiger partial charge in [0.1, 0.15) is 11.4 Å². The first-order valence-electron chi connectivity index (χ1n) is 10.8. The summed E-state index contributed by atoms with van der Waals surface area (Å²) < 4.78 is 7.00. The molecule has 2 aromatic rings. The van der Waals surface area contributed by atoms with Crippen LogP contribution in [-0.4, -0.2) is 30.5 Å². The zero-order valence-electron chi connectivity index (χ0n) is 17.9. The van der Waals surface area contributed by atoms with Crippen molar-refractivity contribution in [1.82, 2.24) is 0 Å². The summed E-state index contributed by atoms with van der Waals surface area (Å²) in [4.78, 5) is 11.6. The van der Waals surface area contributed by atoms with Gasteiger partial charge in [0, 0.05) is 0 Å². The first-order chi connectivity index (χ1) is 14.2. The zero-order valence-corrected chi connectivity index (χ0v) is 17.9. The summed E-state index contributed by atoms with van der Waals surface area (Å²) in [7, 11) is 1.39. The molecule has 0 aliphatic heterocycles. The van der Waals surface area contributed by atoms with Crippen LogP contribution in [0.25, 0.3) is 0 Å². The SMILES string of the molecule is CCCCCCCCCC[N+](=CNc1ccc(C(=O)OC)cc1)c1ccccc1. The standard InChI is InChI=1S/C25H34N2O2/c1-3-4-5-6-7-8-9-13-20-27(24-14-11-10-12-15-24)21-26-23-18-16-22(17-19-23)25(28)29-2/h10-12,14-19,21H,3-9,13,20H2,1-2H3/p+1. The monoisotopic (exact) mass is 395 g/mol. The largest absolute Gasteiger partial charge is 0.465 e. The minimum absolute atomic E-state index is 0.318. The van der Waals surface area contributed by atoms with Crippen LogP contribution in [0.1, 0.15) is 68.6 Å². The lowest BCUT2D eigenvalue weighted by molar-refractivity contribution is -0.436. The molecule has 4 nitrogen and oxygen atoms in total. The van der Waals surface area contributed by atoms with E-state index in [0.717, 1.165) is 12.2 Å². The number of nitrogens with zero attached hydrogens (tertiary/aromatic N) is 1.